The third-order valence-corrected chi connectivity index (χ3v) is 4.61. The molecule has 2 aromatic carbocycles. The molecule has 0 spiro atoms. The van der Waals surface area contributed by atoms with Gasteiger partial charge in [0.1, 0.15) is 18.0 Å². The highest BCUT2D eigenvalue weighted by Crippen LogP contribution is 2.34. The average Bonchev–Trinajstić information content (AvgIpc) is 2.66. The lowest BCUT2D eigenvalue weighted by atomic mass is 10.1. The number of aryl methyl sites for hydroxylation is 1. The van der Waals surface area contributed by atoms with Crippen molar-refractivity contribution in [3.8, 4) is 11.5 Å². The first-order valence-corrected chi connectivity index (χ1v) is 8.62. The van der Waals surface area contributed by atoms with Gasteiger partial charge < -0.3 is 19.9 Å². The Morgan fingerprint density at radius 3 is 2.75 bits per heavy atom. The molecule has 2 aromatic rings. The SMILES string of the molecule is COc1cc(Cl)c(C)cc1NC(=O)CN1C(=O)COc2ccc(C(=O)O)cc21. The molecule has 0 fully saturated rings. The van der Waals surface area contributed by atoms with E-state index < -0.39 is 17.8 Å². The van der Waals surface area contributed by atoms with E-state index in [4.69, 9.17) is 21.1 Å². The van der Waals surface area contributed by atoms with E-state index in [-0.39, 0.29) is 24.4 Å². The summed E-state index contributed by atoms with van der Waals surface area (Å²) in [6, 6.07) is 7.38. The van der Waals surface area contributed by atoms with Crippen molar-refractivity contribution in [2.24, 2.45) is 0 Å². The molecule has 2 N–H and O–H groups in total. The number of carbonyl (C=O) groups excluding carboxylic acids is 2. The van der Waals surface area contributed by atoms with Gasteiger partial charge >= 0.3 is 5.97 Å². The predicted octanol–water partition coefficient (Wildman–Crippen LogP) is 2.72. The van der Waals surface area contributed by atoms with E-state index in [1.54, 1.807) is 19.1 Å². The molecule has 2 amide bonds. The number of aromatic carboxylic acids is 1. The molecule has 0 atom stereocenters. The van der Waals surface area contributed by atoms with E-state index in [9.17, 15) is 19.5 Å². The van der Waals surface area contributed by atoms with E-state index in [2.05, 4.69) is 5.32 Å². The zero-order valence-corrected chi connectivity index (χ0v) is 15.9. The Labute approximate surface area is 165 Å². The monoisotopic (exact) mass is 404 g/mol. The summed E-state index contributed by atoms with van der Waals surface area (Å²) in [4.78, 5) is 37.3. The third kappa shape index (κ3) is 3.86. The number of hydrogen-bond donors (Lipinski definition) is 2. The first-order valence-electron chi connectivity index (χ1n) is 8.24. The fourth-order valence-electron chi connectivity index (χ4n) is 2.77. The molecule has 3 rings (SSSR count). The summed E-state index contributed by atoms with van der Waals surface area (Å²) >= 11 is 6.06. The van der Waals surface area contributed by atoms with Crippen molar-refractivity contribution < 1.29 is 29.0 Å². The molecule has 0 aliphatic carbocycles. The molecule has 0 saturated carbocycles. The molecule has 1 heterocycles. The van der Waals surface area contributed by atoms with Gasteiger partial charge in [0, 0.05) is 11.1 Å². The van der Waals surface area contributed by atoms with Crippen molar-refractivity contribution in [3.63, 3.8) is 0 Å². The van der Waals surface area contributed by atoms with Gasteiger partial charge in [-0.3, -0.25) is 14.5 Å². The van der Waals surface area contributed by atoms with Crippen LogP contribution in [0.1, 0.15) is 15.9 Å². The van der Waals surface area contributed by atoms with E-state index >= 15 is 0 Å². The first-order chi connectivity index (χ1) is 13.3. The van der Waals surface area contributed by atoms with Crippen LogP contribution in [0.25, 0.3) is 0 Å². The Hall–Kier alpha value is -3.26. The van der Waals surface area contributed by atoms with Crippen LogP contribution in [0, 0.1) is 6.92 Å². The number of ether oxygens (including phenoxy) is 2. The van der Waals surface area contributed by atoms with Crippen LogP contribution in [0.3, 0.4) is 0 Å². The fraction of sp³-hybridized carbons (Fsp3) is 0.211. The number of amides is 2. The van der Waals surface area contributed by atoms with Crippen LogP contribution in [0.15, 0.2) is 30.3 Å². The summed E-state index contributed by atoms with van der Waals surface area (Å²) in [6.45, 7) is 1.23. The molecule has 146 valence electrons. The number of carboxylic acid groups (broad SMARTS) is 1. The van der Waals surface area contributed by atoms with Crippen LogP contribution in [-0.2, 0) is 9.59 Å². The highest BCUT2D eigenvalue weighted by Gasteiger charge is 2.28. The maximum Gasteiger partial charge on any atom is 0.335 e. The number of fused-ring (bicyclic) bond motifs is 1. The smallest absolute Gasteiger partial charge is 0.335 e. The number of rotatable bonds is 5. The Balaban J connectivity index is 1.85. The number of benzene rings is 2. The summed E-state index contributed by atoms with van der Waals surface area (Å²) in [5.41, 5.74) is 1.37. The molecule has 9 heteroatoms. The Kier molecular flexibility index (Phi) is 5.41. The van der Waals surface area contributed by atoms with Crippen molar-refractivity contribution in [1.82, 2.24) is 0 Å². The Bertz CT molecular complexity index is 975. The van der Waals surface area contributed by atoms with Crippen molar-refractivity contribution in [1.29, 1.82) is 0 Å². The number of anilines is 2. The van der Waals surface area contributed by atoms with Gasteiger partial charge in [0.2, 0.25) is 5.91 Å². The van der Waals surface area contributed by atoms with Gasteiger partial charge in [-0.2, -0.15) is 0 Å². The van der Waals surface area contributed by atoms with Gasteiger partial charge in [-0.25, -0.2) is 4.79 Å². The van der Waals surface area contributed by atoms with Crippen LogP contribution < -0.4 is 19.7 Å². The number of carbonyl (C=O) groups is 3. The van der Waals surface area contributed by atoms with Crippen LogP contribution in [0.2, 0.25) is 5.02 Å². The lowest BCUT2D eigenvalue weighted by Gasteiger charge is -2.29. The number of hydrogen-bond acceptors (Lipinski definition) is 5. The second kappa shape index (κ2) is 7.77. The van der Waals surface area contributed by atoms with Crippen LogP contribution >= 0.6 is 11.6 Å². The average molecular weight is 405 g/mol. The van der Waals surface area contributed by atoms with E-state index in [0.29, 0.717) is 22.2 Å². The minimum absolute atomic E-state index is 0.0162. The number of methoxy groups -OCH3 is 1. The highest BCUT2D eigenvalue weighted by atomic mass is 35.5. The van der Waals surface area contributed by atoms with Crippen molar-refractivity contribution in [3.05, 3.63) is 46.5 Å². The summed E-state index contributed by atoms with van der Waals surface area (Å²) in [6.07, 6.45) is 0. The van der Waals surface area contributed by atoms with E-state index in [0.717, 1.165) is 5.56 Å². The lowest BCUT2D eigenvalue weighted by molar-refractivity contribution is -0.123. The minimum atomic E-state index is -1.15. The quantitative estimate of drug-likeness (QED) is 0.793. The largest absolute Gasteiger partial charge is 0.495 e. The summed E-state index contributed by atoms with van der Waals surface area (Å²) in [5.74, 6) is -1.37. The van der Waals surface area contributed by atoms with Crippen LogP contribution in [0.4, 0.5) is 11.4 Å². The minimum Gasteiger partial charge on any atom is -0.495 e. The third-order valence-electron chi connectivity index (χ3n) is 4.21. The fourth-order valence-corrected chi connectivity index (χ4v) is 2.93. The normalized spacial score (nSPS) is 12.8. The molecule has 0 aromatic heterocycles. The molecule has 28 heavy (non-hydrogen) atoms. The summed E-state index contributed by atoms with van der Waals surface area (Å²) < 4.78 is 10.5. The molecule has 0 radical (unpaired) electrons. The van der Waals surface area contributed by atoms with E-state index in [1.165, 1.54) is 30.2 Å². The topological polar surface area (TPSA) is 105 Å². The molecular formula is C19H17ClN2O6. The number of halogens is 1. The number of nitrogens with zero attached hydrogens (tertiary/aromatic N) is 1. The van der Waals surface area contributed by atoms with Gasteiger partial charge in [0.15, 0.2) is 6.61 Å². The van der Waals surface area contributed by atoms with Crippen molar-refractivity contribution in [2.75, 3.05) is 30.5 Å². The molecule has 1 aliphatic rings. The molecule has 1 aliphatic heterocycles. The highest BCUT2D eigenvalue weighted by molar-refractivity contribution is 6.31. The molecule has 0 bridgehead atoms. The van der Waals surface area contributed by atoms with Gasteiger partial charge in [-0.15, -0.1) is 0 Å². The summed E-state index contributed by atoms with van der Waals surface area (Å²) in [5, 5.41) is 12.4. The summed E-state index contributed by atoms with van der Waals surface area (Å²) in [7, 11) is 1.45. The Morgan fingerprint density at radius 1 is 1.32 bits per heavy atom. The maximum absolute atomic E-state index is 12.6. The van der Waals surface area contributed by atoms with Crippen LogP contribution in [0.5, 0.6) is 11.5 Å². The van der Waals surface area contributed by atoms with Gasteiger partial charge in [0.05, 0.1) is 24.0 Å². The standard InChI is InChI=1S/C19H17ClN2O6/c1-10-5-13(16(27-2)7-12(10)20)21-17(23)8-22-14-6-11(19(25)26)3-4-15(14)28-9-18(22)24/h3-7H,8-9H2,1-2H3,(H,21,23)(H,25,26). The zero-order valence-electron chi connectivity index (χ0n) is 15.1. The van der Waals surface area contributed by atoms with Gasteiger partial charge in [-0.05, 0) is 36.8 Å². The number of carboxylic acids is 1. The molecule has 8 nitrogen and oxygen atoms in total. The second-order valence-electron chi connectivity index (χ2n) is 6.11. The maximum atomic E-state index is 12.6. The first kappa shape index (κ1) is 19.5. The van der Waals surface area contributed by atoms with Crippen molar-refractivity contribution >= 4 is 40.8 Å². The second-order valence-corrected chi connectivity index (χ2v) is 6.51. The van der Waals surface area contributed by atoms with Crippen molar-refractivity contribution in [2.45, 2.75) is 6.92 Å². The van der Waals surface area contributed by atoms with Gasteiger partial charge in [0.25, 0.3) is 5.91 Å². The predicted molar refractivity (Wildman–Crippen MR) is 103 cm³/mol. The lowest BCUT2D eigenvalue weighted by Crippen LogP contribution is -2.43. The molecule has 0 unspecified atom stereocenters. The van der Waals surface area contributed by atoms with E-state index in [1.807, 2.05) is 0 Å². The zero-order chi connectivity index (χ0) is 20.4. The molecule has 0 saturated heterocycles. The Morgan fingerprint density at radius 2 is 2.07 bits per heavy atom. The molecular weight excluding hydrogens is 388 g/mol. The van der Waals surface area contributed by atoms with Gasteiger partial charge in [-0.1, -0.05) is 11.6 Å². The number of nitrogens with one attached hydrogen (secondary N) is 1. The van der Waals surface area contributed by atoms with Crippen LogP contribution in [-0.4, -0.2) is 43.2 Å².